The van der Waals surface area contributed by atoms with Gasteiger partial charge in [0.15, 0.2) is 0 Å². The largest absolute Gasteiger partial charge is 0.0710 e. The lowest BCUT2D eigenvalue weighted by molar-refractivity contribution is 0.608. The standard InChI is InChI=1S/C11H20/c1-4-6-11-8-9(3)7-10(11)5-2/h9H,4-8H2,1-3H3. The highest BCUT2D eigenvalue weighted by atomic mass is 14.2. The molecule has 0 N–H and O–H groups in total. The molecule has 0 amide bonds. The summed E-state index contributed by atoms with van der Waals surface area (Å²) in [7, 11) is 0. The van der Waals surface area contributed by atoms with Crippen LogP contribution in [-0.4, -0.2) is 0 Å². The summed E-state index contributed by atoms with van der Waals surface area (Å²) in [6.45, 7) is 6.95. The highest BCUT2D eigenvalue weighted by molar-refractivity contribution is 5.20. The maximum atomic E-state index is 2.37. The SMILES string of the molecule is CCCC1=C(CC)CC(C)C1. The van der Waals surface area contributed by atoms with Crippen LogP contribution in [0.3, 0.4) is 0 Å². The Morgan fingerprint density at radius 2 is 1.82 bits per heavy atom. The maximum Gasteiger partial charge on any atom is -0.0289 e. The zero-order valence-corrected chi connectivity index (χ0v) is 8.11. The first-order chi connectivity index (χ1) is 5.27. The molecule has 0 aliphatic heterocycles. The second-order valence-electron chi connectivity index (χ2n) is 3.82. The summed E-state index contributed by atoms with van der Waals surface area (Å²) in [4.78, 5) is 0. The molecule has 0 heteroatoms. The van der Waals surface area contributed by atoms with Gasteiger partial charge in [0, 0.05) is 0 Å². The summed E-state index contributed by atoms with van der Waals surface area (Å²) in [5.74, 6) is 0.937. The lowest BCUT2D eigenvalue weighted by atomic mass is 10.0. The van der Waals surface area contributed by atoms with Gasteiger partial charge in [0.1, 0.15) is 0 Å². The Labute approximate surface area is 70.7 Å². The van der Waals surface area contributed by atoms with E-state index in [1.807, 2.05) is 0 Å². The van der Waals surface area contributed by atoms with E-state index in [4.69, 9.17) is 0 Å². The average Bonchev–Trinajstić information content (AvgIpc) is 2.32. The Kier molecular flexibility index (Phi) is 3.16. The molecule has 0 heterocycles. The van der Waals surface area contributed by atoms with Gasteiger partial charge in [-0.15, -0.1) is 0 Å². The van der Waals surface area contributed by atoms with Crippen molar-refractivity contribution in [2.45, 2.75) is 52.9 Å². The second kappa shape index (κ2) is 3.94. The first-order valence-corrected chi connectivity index (χ1v) is 4.97. The average molecular weight is 152 g/mol. The van der Waals surface area contributed by atoms with Crippen LogP contribution >= 0.6 is 0 Å². The van der Waals surface area contributed by atoms with Crippen LogP contribution in [-0.2, 0) is 0 Å². The van der Waals surface area contributed by atoms with Crippen LogP contribution < -0.4 is 0 Å². The van der Waals surface area contributed by atoms with E-state index in [9.17, 15) is 0 Å². The zero-order chi connectivity index (χ0) is 8.27. The number of allylic oxidation sites excluding steroid dienone is 2. The summed E-state index contributed by atoms with van der Waals surface area (Å²) in [5.41, 5.74) is 3.54. The lowest BCUT2D eigenvalue weighted by Gasteiger charge is -2.01. The molecule has 11 heavy (non-hydrogen) atoms. The quantitative estimate of drug-likeness (QED) is 0.538. The third kappa shape index (κ3) is 2.08. The summed E-state index contributed by atoms with van der Waals surface area (Å²) in [5, 5.41) is 0. The molecule has 0 aromatic heterocycles. The minimum atomic E-state index is 0.937. The third-order valence-electron chi connectivity index (χ3n) is 2.67. The predicted molar refractivity (Wildman–Crippen MR) is 50.6 cm³/mol. The molecule has 0 fully saturated rings. The second-order valence-corrected chi connectivity index (χ2v) is 3.82. The van der Waals surface area contributed by atoms with Crippen molar-refractivity contribution >= 4 is 0 Å². The molecule has 0 spiro atoms. The molecule has 1 aliphatic rings. The van der Waals surface area contributed by atoms with Crippen LogP contribution in [0, 0.1) is 5.92 Å². The molecule has 1 unspecified atom stereocenters. The highest BCUT2D eigenvalue weighted by Gasteiger charge is 2.18. The Bertz CT molecular complexity index is 153. The Hall–Kier alpha value is -0.260. The molecule has 1 aliphatic carbocycles. The minimum Gasteiger partial charge on any atom is -0.0710 e. The van der Waals surface area contributed by atoms with E-state index in [0.717, 1.165) is 5.92 Å². The molecule has 0 nitrogen and oxygen atoms in total. The molecule has 0 aromatic rings. The molecule has 0 radical (unpaired) electrons. The van der Waals surface area contributed by atoms with Crippen molar-refractivity contribution in [2.24, 2.45) is 5.92 Å². The summed E-state index contributed by atoms with van der Waals surface area (Å²) >= 11 is 0. The fourth-order valence-corrected chi connectivity index (χ4v) is 2.18. The van der Waals surface area contributed by atoms with Gasteiger partial charge in [0.25, 0.3) is 0 Å². The van der Waals surface area contributed by atoms with Crippen molar-refractivity contribution in [1.29, 1.82) is 0 Å². The lowest BCUT2D eigenvalue weighted by Crippen LogP contribution is -1.85. The van der Waals surface area contributed by atoms with Gasteiger partial charge < -0.3 is 0 Å². The fourth-order valence-electron chi connectivity index (χ4n) is 2.18. The molecule has 64 valence electrons. The number of hydrogen-bond acceptors (Lipinski definition) is 0. The van der Waals surface area contributed by atoms with Gasteiger partial charge in [-0.25, -0.2) is 0 Å². The van der Waals surface area contributed by atoms with E-state index in [1.54, 1.807) is 11.1 Å². The van der Waals surface area contributed by atoms with E-state index in [2.05, 4.69) is 20.8 Å². The highest BCUT2D eigenvalue weighted by Crippen LogP contribution is 2.35. The van der Waals surface area contributed by atoms with Crippen molar-refractivity contribution < 1.29 is 0 Å². The molecular weight excluding hydrogens is 132 g/mol. The van der Waals surface area contributed by atoms with E-state index in [1.165, 1.54) is 32.1 Å². The van der Waals surface area contributed by atoms with Gasteiger partial charge in [0.05, 0.1) is 0 Å². The fraction of sp³-hybridized carbons (Fsp3) is 0.818. The van der Waals surface area contributed by atoms with Crippen LogP contribution in [0.15, 0.2) is 11.1 Å². The Morgan fingerprint density at radius 3 is 2.36 bits per heavy atom. The first-order valence-electron chi connectivity index (χ1n) is 4.97. The van der Waals surface area contributed by atoms with E-state index in [-0.39, 0.29) is 0 Å². The molecule has 1 atom stereocenters. The first kappa shape index (κ1) is 8.83. The zero-order valence-electron chi connectivity index (χ0n) is 8.11. The monoisotopic (exact) mass is 152 g/mol. The van der Waals surface area contributed by atoms with Gasteiger partial charge in [0.2, 0.25) is 0 Å². The van der Waals surface area contributed by atoms with Crippen LogP contribution in [0.5, 0.6) is 0 Å². The van der Waals surface area contributed by atoms with Gasteiger partial charge in [-0.3, -0.25) is 0 Å². The third-order valence-corrected chi connectivity index (χ3v) is 2.67. The van der Waals surface area contributed by atoms with Crippen molar-refractivity contribution in [3.8, 4) is 0 Å². The number of rotatable bonds is 3. The Balaban J connectivity index is 2.56. The van der Waals surface area contributed by atoms with E-state index < -0.39 is 0 Å². The van der Waals surface area contributed by atoms with Crippen molar-refractivity contribution in [1.82, 2.24) is 0 Å². The van der Waals surface area contributed by atoms with E-state index in [0.29, 0.717) is 0 Å². The van der Waals surface area contributed by atoms with E-state index >= 15 is 0 Å². The molecule has 1 rings (SSSR count). The van der Waals surface area contributed by atoms with Gasteiger partial charge >= 0.3 is 0 Å². The number of hydrogen-bond donors (Lipinski definition) is 0. The molecule has 0 saturated carbocycles. The predicted octanol–water partition coefficient (Wildman–Crippen LogP) is 3.92. The summed E-state index contributed by atoms with van der Waals surface area (Å²) < 4.78 is 0. The topological polar surface area (TPSA) is 0 Å². The van der Waals surface area contributed by atoms with Crippen LogP contribution in [0.2, 0.25) is 0 Å². The molecule has 0 saturated heterocycles. The van der Waals surface area contributed by atoms with Gasteiger partial charge in [-0.05, 0) is 31.6 Å². The minimum absolute atomic E-state index is 0.937. The Morgan fingerprint density at radius 1 is 1.18 bits per heavy atom. The normalized spacial score (nSPS) is 24.8. The van der Waals surface area contributed by atoms with Crippen LogP contribution in [0.1, 0.15) is 52.9 Å². The van der Waals surface area contributed by atoms with Crippen LogP contribution in [0.4, 0.5) is 0 Å². The summed E-state index contributed by atoms with van der Waals surface area (Å²) in [6.07, 6.45) is 6.74. The van der Waals surface area contributed by atoms with Crippen molar-refractivity contribution in [2.75, 3.05) is 0 Å². The smallest absolute Gasteiger partial charge is 0.0289 e. The molecule has 0 bridgehead atoms. The van der Waals surface area contributed by atoms with Crippen molar-refractivity contribution in [3.63, 3.8) is 0 Å². The van der Waals surface area contributed by atoms with Crippen molar-refractivity contribution in [3.05, 3.63) is 11.1 Å². The van der Waals surface area contributed by atoms with Crippen LogP contribution in [0.25, 0.3) is 0 Å². The molecular formula is C11H20. The van der Waals surface area contributed by atoms with Gasteiger partial charge in [-0.1, -0.05) is 38.3 Å². The molecule has 0 aromatic carbocycles. The maximum absolute atomic E-state index is 2.37. The van der Waals surface area contributed by atoms with Gasteiger partial charge in [-0.2, -0.15) is 0 Å². The summed E-state index contributed by atoms with van der Waals surface area (Å²) in [6, 6.07) is 0.